The lowest BCUT2D eigenvalue weighted by Crippen LogP contribution is -2.46. The molecule has 3 amide bonds. The Labute approximate surface area is 141 Å². The predicted molar refractivity (Wildman–Crippen MR) is 86.8 cm³/mol. The van der Waals surface area contributed by atoms with Gasteiger partial charge in [-0.15, -0.1) is 0 Å². The molecule has 6 heteroatoms. The number of hydrogen-bond donors (Lipinski definition) is 0. The van der Waals surface area contributed by atoms with E-state index in [9.17, 15) is 14.4 Å². The van der Waals surface area contributed by atoms with E-state index in [1.54, 1.807) is 18.7 Å². The quantitative estimate of drug-likeness (QED) is 0.833. The Morgan fingerprint density at radius 2 is 1.92 bits per heavy atom. The average Bonchev–Trinajstić information content (AvgIpc) is 3.05. The van der Waals surface area contributed by atoms with E-state index in [2.05, 4.69) is 0 Å². The molecular formula is C18H22N2O4. The molecule has 2 fully saturated rings. The van der Waals surface area contributed by atoms with Crippen LogP contribution in [0.1, 0.15) is 32.8 Å². The fraction of sp³-hybridized carbons (Fsp3) is 0.500. The largest absolute Gasteiger partial charge is 0.445 e. The Morgan fingerprint density at radius 3 is 2.54 bits per heavy atom. The molecule has 0 aliphatic carbocycles. The highest BCUT2D eigenvalue weighted by Crippen LogP contribution is 2.44. The van der Waals surface area contributed by atoms with E-state index in [1.165, 1.54) is 11.8 Å². The summed E-state index contributed by atoms with van der Waals surface area (Å²) in [6, 6.07) is 8.86. The minimum Gasteiger partial charge on any atom is -0.445 e. The predicted octanol–water partition coefficient (Wildman–Crippen LogP) is 2.18. The first-order valence-electron chi connectivity index (χ1n) is 8.15. The SMILES string of the molecule is CC(=O)N1C(=O)C(C)(C)[C@@H]2[C@@H]1CCN2C(=O)OCc1ccccc1. The van der Waals surface area contributed by atoms with Crippen molar-refractivity contribution in [3.63, 3.8) is 0 Å². The van der Waals surface area contributed by atoms with E-state index in [0.717, 1.165) is 5.56 Å². The number of likely N-dealkylation sites (tertiary alicyclic amines) is 2. The Morgan fingerprint density at radius 1 is 1.25 bits per heavy atom. The summed E-state index contributed by atoms with van der Waals surface area (Å²) < 4.78 is 5.42. The van der Waals surface area contributed by atoms with Gasteiger partial charge in [-0.3, -0.25) is 14.5 Å². The molecule has 0 unspecified atom stereocenters. The highest BCUT2D eigenvalue weighted by Gasteiger charge is 2.61. The lowest BCUT2D eigenvalue weighted by Gasteiger charge is -2.31. The van der Waals surface area contributed by atoms with Crippen molar-refractivity contribution in [2.45, 2.75) is 45.9 Å². The highest BCUT2D eigenvalue weighted by atomic mass is 16.6. The number of imide groups is 1. The smallest absolute Gasteiger partial charge is 0.410 e. The Balaban J connectivity index is 1.75. The Kier molecular flexibility index (Phi) is 4.07. The van der Waals surface area contributed by atoms with Crippen LogP contribution < -0.4 is 0 Å². The summed E-state index contributed by atoms with van der Waals surface area (Å²) in [6.45, 7) is 5.66. The van der Waals surface area contributed by atoms with Crippen LogP contribution in [-0.2, 0) is 20.9 Å². The summed E-state index contributed by atoms with van der Waals surface area (Å²) >= 11 is 0. The van der Waals surface area contributed by atoms with E-state index in [0.29, 0.717) is 13.0 Å². The van der Waals surface area contributed by atoms with Gasteiger partial charge >= 0.3 is 6.09 Å². The maximum Gasteiger partial charge on any atom is 0.410 e. The first-order chi connectivity index (χ1) is 11.3. The van der Waals surface area contributed by atoms with E-state index >= 15 is 0 Å². The summed E-state index contributed by atoms with van der Waals surface area (Å²) in [6.07, 6.45) is 0.164. The van der Waals surface area contributed by atoms with Crippen LogP contribution in [0.15, 0.2) is 30.3 Å². The first kappa shape index (κ1) is 16.5. The lowest BCUT2D eigenvalue weighted by atomic mass is 9.84. The Bertz CT molecular complexity index is 671. The molecule has 0 radical (unpaired) electrons. The third-order valence-electron chi connectivity index (χ3n) is 4.99. The molecule has 6 nitrogen and oxygen atoms in total. The zero-order valence-corrected chi connectivity index (χ0v) is 14.2. The summed E-state index contributed by atoms with van der Waals surface area (Å²) in [5, 5.41) is 0. The van der Waals surface area contributed by atoms with Crippen LogP contribution in [0.4, 0.5) is 4.79 Å². The van der Waals surface area contributed by atoms with Crippen molar-refractivity contribution in [1.29, 1.82) is 0 Å². The molecule has 24 heavy (non-hydrogen) atoms. The van der Waals surface area contributed by atoms with Crippen molar-refractivity contribution in [2.75, 3.05) is 6.54 Å². The van der Waals surface area contributed by atoms with Crippen molar-refractivity contribution in [3.05, 3.63) is 35.9 Å². The molecule has 0 spiro atoms. The van der Waals surface area contributed by atoms with Crippen molar-refractivity contribution >= 4 is 17.9 Å². The second-order valence-corrected chi connectivity index (χ2v) is 6.95. The first-order valence-corrected chi connectivity index (χ1v) is 8.15. The van der Waals surface area contributed by atoms with Gasteiger partial charge in [-0.2, -0.15) is 0 Å². The van der Waals surface area contributed by atoms with E-state index < -0.39 is 11.5 Å². The van der Waals surface area contributed by atoms with Gasteiger partial charge in [-0.25, -0.2) is 4.79 Å². The number of benzene rings is 1. The number of hydrogen-bond acceptors (Lipinski definition) is 4. The molecule has 2 saturated heterocycles. The minimum atomic E-state index is -0.793. The van der Waals surface area contributed by atoms with Crippen molar-refractivity contribution in [3.8, 4) is 0 Å². The molecule has 0 saturated carbocycles. The number of rotatable bonds is 2. The van der Waals surface area contributed by atoms with Crippen LogP contribution in [0.5, 0.6) is 0 Å². The van der Waals surface area contributed by atoms with Crippen LogP contribution in [0.25, 0.3) is 0 Å². The third kappa shape index (κ3) is 2.56. The maximum atomic E-state index is 12.6. The number of nitrogens with zero attached hydrogens (tertiary/aromatic N) is 2. The fourth-order valence-electron chi connectivity index (χ4n) is 3.89. The van der Waals surface area contributed by atoms with E-state index in [-0.39, 0.29) is 30.5 Å². The number of carbonyl (C=O) groups is 3. The molecule has 2 atom stereocenters. The second kappa shape index (κ2) is 5.92. The molecule has 1 aromatic carbocycles. The molecule has 2 aliphatic rings. The van der Waals surface area contributed by atoms with Crippen molar-refractivity contribution in [1.82, 2.24) is 9.80 Å². The van der Waals surface area contributed by atoms with Gasteiger partial charge in [0.05, 0.1) is 17.5 Å². The molecule has 0 aromatic heterocycles. The summed E-state index contributed by atoms with van der Waals surface area (Å²) in [5.74, 6) is -0.481. The zero-order valence-electron chi connectivity index (χ0n) is 14.2. The zero-order chi connectivity index (χ0) is 17.5. The Hall–Kier alpha value is -2.37. The monoisotopic (exact) mass is 330 g/mol. The fourth-order valence-corrected chi connectivity index (χ4v) is 3.89. The summed E-state index contributed by atoms with van der Waals surface area (Å²) in [4.78, 5) is 39.8. The molecule has 0 N–H and O–H groups in total. The molecule has 2 aliphatic heterocycles. The van der Waals surface area contributed by atoms with Gasteiger partial charge < -0.3 is 9.64 Å². The van der Waals surface area contributed by atoms with E-state index in [1.807, 2.05) is 30.3 Å². The standard InChI is InChI=1S/C18H22N2O4/c1-12(21)20-14-9-10-19(15(14)18(2,3)16(20)22)17(23)24-11-13-7-5-4-6-8-13/h4-8,14-15H,9-11H2,1-3H3/t14-,15-/m0/s1. The highest BCUT2D eigenvalue weighted by molar-refractivity contribution is 6.00. The number of ether oxygens (including phenoxy) is 1. The minimum absolute atomic E-state index is 0.193. The van der Waals surface area contributed by atoms with Gasteiger partial charge in [0.15, 0.2) is 0 Å². The van der Waals surface area contributed by atoms with Crippen molar-refractivity contribution < 1.29 is 19.1 Å². The van der Waals surface area contributed by atoms with Crippen LogP contribution in [-0.4, -0.2) is 46.3 Å². The van der Waals surface area contributed by atoms with Gasteiger partial charge in [0.2, 0.25) is 11.8 Å². The third-order valence-corrected chi connectivity index (χ3v) is 4.99. The molecule has 3 rings (SSSR count). The topological polar surface area (TPSA) is 66.9 Å². The average molecular weight is 330 g/mol. The lowest BCUT2D eigenvalue weighted by molar-refractivity contribution is -0.146. The summed E-state index contributed by atoms with van der Waals surface area (Å²) in [7, 11) is 0. The maximum absolute atomic E-state index is 12.6. The molecule has 1 aromatic rings. The number of fused-ring (bicyclic) bond motifs is 1. The molecule has 2 heterocycles. The second-order valence-electron chi connectivity index (χ2n) is 6.95. The van der Waals surface area contributed by atoms with Crippen LogP contribution in [0.3, 0.4) is 0 Å². The van der Waals surface area contributed by atoms with Gasteiger partial charge in [0.25, 0.3) is 0 Å². The molecule has 0 bridgehead atoms. The van der Waals surface area contributed by atoms with Gasteiger partial charge in [0, 0.05) is 13.5 Å². The van der Waals surface area contributed by atoms with Crippen LogP contribution >= 0.6 is 0 Å². The van der Waals surface area contributed by atoms with Crippen molar-refractivity contribution in [2.24, 2.45) is 5.41 Å². The van der Waals surface area contributed by atoms with E-state index in [4.69, 9.17) is 4.74 Å². The van der Waals surface area contributed by atoms with Gasteiger partial charge in [0.1, 0.15) is 6.61 Å². The van der Waals surface area contributed by atoms with Crippen LogP contribution in [0, 0.1) is 5.41 Å². The normalized spacial score (nSPS) is 24.9. The number of carbonyl (C=O) groups excluding carboxylic acids is 3. The number of amides is 3. The van der Waals surface area contributed by atoms with Crippen LogP contribution in [0.2, 0.25) is 0 Å². The van der Waals surface area contributed by atoms with Gasteiger partial charge in [-0.1, -0.05) is 30.3 Å². The molecular weight excluding hydrogens is 308 g/mol. The molecule has 128 valence electrons. The van der Waals surface area contributed by atoms with Gasteiger partial charge in [-0.05, 0) is 25.8 Å². The summed E-state index contributed by atoms with van der Waals surface area (Å²) in [5.41, 5.74) is 0.118.